The lowest BCUT2D eigenvalue weighted by Gasteiger charge is -2.06. The van der Waals surface area contributed by atoms with Crippen molar-refractivity contribution in [3.63, 3.8) is 0 Å². The van der Waals surface area contributed by atoms with E-state index in [1.54, 1.807) is 27.5 Å². The summed E-state index contributed by atoms with van der Waals surface area (Å²) in [5.74, 6) is 1.55. The van der Waals surface area contributed by atoms with Gasteiger partial charge in [0.05, 0.1) is 14.2 Å². The number of rotatable bonds is 3. The number of nitrogens with zero attached hydrogens (tertiary/aromatic N) is 1. The van der Waals surface area contributed by atoms with Crippen molar-refractivity contribution >= 4 is 6.21 Å². The van der Waals surface area contributed by atoms with Crippen LogP contribution in [-0.4, -0.2) is 27.5 Å². The Morgan fingerprint density at radius 1 is 1.23 bits per heavy atom. The zero-order valence-electron chi connectivity index (χ0n) is 8.07. The van der Waals surface area contributed by atoms with E-state index in [9.17, 15) is 0 Å². The van der Waals surface area contributed by atoms with Crippen LogP contribution in [0.2, 0.25) is 0 Å². The Bertz CT molecular complexity index is 308. The summed E-state index contributed by atoms with van der Waals surface area (Å²) in [5, 5.41) is 0. The first kappa shape index (κ1) is 9.58. The lowest BCUT2D eigenvalue weighted by molar-refractivity contribution is 0.394. The molecule has 0 unspecified atom stereocenters. The monoisotopic (exact) mass is 179 g/mol. The quantitative estimate of drug-likeness (QED) is 0.662. The smallest absolute Gasteiger partial charge is 0.131 e. The van der Waals surface area contributed by atoms with E-state index in [-0.39, 0.29) is 0 Å². The fraction of sp³-hybridized carbons (Fsp3) is 0.300. The maximum atomic E-state index is 5.17. The van der Waals surface area contributed by atoms with Gasteiger partial charge in [0, 0.05) is 24.9 Å². The minimum absolute atomic E-state index is 0.768. The van der Waals surface area contributed by atoms with Crippen molar-refractivity contribution in [2.24, 2.45) is 4.99 Å². The highest BCUT2D eigenvalue weighted by atomic mass is 16.5. The largest absolute Gasteiger partial charge is 0.497 e. The average Bonchev–Trinajstić information content (AvgIpc) is 2.19. The van der Waals surface area contributed by atoms with E-state index in [2.05, 4.69) is 4.99 Å². The molecule has 0 aliphatic rings. The molecule has 0 aliphatic heterocycles. The molecule has 13 heavy (non-hydrogen) atoms. The second kappa shape index (κ2) is 4.50. The van der Waals surface area contributed by atoms with Crippen LogP contribution in [0.1, 0.15) is 5.56 Å². The molecular formula is C10H13NO2. The number of hydrogen-bond donors (Lipinski definition) is 0. The summed E-state index contributed by atoms with van der Waals surface area (Å²) in [6.45, 7) is 0. The van der Waals surface area contributed by atoms with E-state index < -0.39 is 0 Å². The predicted molar refractivity (Wildman–Crippen MR) is 53.1 cm³/mol. The minimum Gasteiger partial charge on any atom is -0.497 e. The summed E-state index contributed by atoms with van der Waals surface area (Å²) in [6, 6.07) is 5.61. The van der Waals surface area contributed by atoms with Crippen LogP contribution in [0.3, 0.4) is 0 Å². The zero-order chi connectivity index (χ0) is 9.68. The SMILES string of the molecule is CN=Cc1ccc(OC)cc1OC. The fourth-order valence-electron chi connectivity index (χ4n) is 1.06. The first-order valence-electron chi connectivity index (χ1n) is 3.96. The molecule has 1 aromatic rings. The van der Waals surface area contributed by atoms with E-state index in [4.69, 9.17) is 9.47 Å². The summed E-state index contributed by atoms with van der Waals surface area (Å²) in [4.78, 5) is 3.92. The van der Waals surface area contributed by atoms with Crippen LogP contribution in [0.25, 0.3) is 0 Å². The fourth-order valence-corrected chi connectivity index (χ4v) is 1.06. The highest BCUT2D eigenvalue weighted by molar-refractivity contribution is 5.83. The van der Waals surface area contributed by atoms with Crippen molar-refractivity contribution in [3.05, 3.63) is 23.8 Å². The summed E-state index contributed by atoms with van der Waals surface area (Å²) in [5.41, 5.74) is 0.950. The molecular weight excluding hydrogens is 166 g/mol. The number of ether oxygens (including phenoxy) is 2. The van der Waals surface area contributed by atoms with E-state index >= 15 is 0 Å². The Kier molecular flexibility index (Phi) is 3.31. The number of hydrogen-bond acceptors (Lipinski definition) is 3. The van der Waals surface area contributed by atoms with Gasteiger partial charge in [-0.05, 0) is 12.1 Å². The molecule has 0 aromatic heterocycles. The summed E-state index contributed by atoms with van der Waals surface area (Å²) >= 11 is 0. The number of aliphatic imine (C=N–C) groups is 1. The Balaban J connectivity index is 3.07. The molecule has 0 N–H and O–H groups in total. The van der Waals surface area contributed by atoms with E-state index in [1.807, 2.05) is 18.2 Å². The zero-order valence-corrected chi connectivity index (χ0v) is 8.07. The molecule has 0 spiro atoms. The van der Waals surface area contributed by atoms with Gasteiger partial charge < -0.3 is 9.47 Å². The van der Waals surface area contributed by atoms with Gasteiger partial charge in [-0.3, -0.25) is 4.99 Å². The van der Waals surface area contributed by atoms with E-state index in [0.717, 1.165) is 17.1 Å². The van der Waals surface area contributed by atoms with Crippen LogP contribution in [0.5, 0.6) is 11.5 Å². The molecule has 0 saturated heterocycles. The maximum Gasteiger partial charge on any atom is 0.131 e. The Labute approximate surface area is 78.0 Å². The number of methoxy groups -OCH3 is 2. The normalized spacial score (nSPS) is 10.4. The van der Waals surface area contributed by atoms with Crippen molar-refractivity contribution < 1.29 is 9.47 Å². The van der Waals surface area contributed by atoms with Crippen LogP contribution < -0.4 is 9.47 Å². The van der Waals surface area contributed by atoms with Crippen LogP contribution >= 0.6 is 0 Å². The van der Waals surface area contributed by atoms with Crippen molar-refractivity contribution in [3.8, 4) is 11.5 Å². The van der Waals surface area contributed by atoms with Gasteiger partial charge in [0.25, 0.3) is 0 Å². The van der Waals surface area contributed by atoms with Gasteiger partial charge >= 0.3 is 0 Å². The van der Waals surface area contributed by atoms with E-state index in [1.165, 1.54) is 0 Å². The molecule has 3 heteroatoms. The van der Waals surface area contributed by atoms with Crippen LogP contribution in [0, 0.1) is 0 Å². The van der Waals surface area contributed by atoms with Gasteiger partial charge in [0.2, 0.25) is 0 Å². The third-order valence-corrected chi connectivity index (χ3v) is 1.71. The third-order valence-electron chi connectivity index (χ3n) is 1.71. The van der Waals surface area contributed by atoms with Crippen molar-refractivity contribution in [1.29, 1.82) is 0 Å². The highest BCUT2D eigenvalue weighted by Crippen LogP contribution is 2.22. The molecule has 0 radical (unpaired) electrons. The molecule has 1 aromatic carbocycles. The van der Waals surface area contributed by atoms with Crippen molar-refractivity contribution in [2.75, 3.05) is 21.3 Å². The molecule has 70 valence electrons. The molecule has 0 amide bonds. The molecule has 3 nitrogen and oxygen atoms in total. The average molecular weight is 179 g/mol. The standard InChI is InChI=1S/C10H13NO2/c1-11-7-8-4-5-9(12-2)6-10(8)13-3/h4-7H,1-3H3. The summed E-state index contributed by atoms with van der Waals surface area (Å²) in [7, 11) is 4.98. The van der Waals surface area contributed by atoms with E-state index in [0.29, 0.717) is 0 Å². The van der Waals surface area contributed by atoms with Gasteiger partial charge in [-0.2, -0.15) is 0 Å². The lowest BCUT2D eigenvalue weighted by atomic mass is 10.2. The number of benzene rings is 1. The van der Waals surface area contributed by atoms with Crippen LogP contribution in [0.15, 0.2) is 23.2 Å². The van der Waals surface area contributed by atoms with Crippen molar-refractivity contribution in [1.82, 2.24) is 0 Å². The molecule has 0 heterocycles. The van der Waals surface area contributed by atoms with Gasteiger partial charge in [0.15, 0.2) is 0 Å². The van der Waals surface area contributed by atoms with Crippen LogP contribution in [-0.2, 0) is 0 Å². The predicted octanol–water partition coefficient (Wildman–Crippen LogP) is 1.75. The topological polar surface area (TPSA) is 30.8 Å². The van der Waals surface area contributed by atoms with Gasteiger partial charge in [0.1, 0.15) is 11.5 Å². The maximum absolute atomic E-state index is 5.17. The Morgan fingerprint density at radius 2 is 2.00 bits per heavy atom. The highest BCUT2D eigenvalue weighted by Gasteiger charge is 2.01. The lowest BCUT2D eigenvalue weighted by Crippen LogP contribution is -1.92. The summed E-state index contributed by atoms with van der Waals surface area (Å²) < 4.78 is 10.2. The molecule has 0 fully saturated rings. The van der Waals surface area contributed by atoms with Gasteiger partial charge in [-0.15, -0.1) is 0 Å². The molecule has 0 saturated carbocycles. The molecule has 0 atom stereocenters. The second-order valence-electron chi connectivity index (χ2n) is 2.50. The molecule has 0 aliphatic carbocycles. The second-order valence-corrected chi connectivity index (χ2v) is 2.50. The summed E-state index contributed by atoms with van der Waals surface area (Å²) in [6.07, 6.45) is 1.75. The Morgan fingerprint density at radius 3 is 2.54 bits per heavy atom. The first-order valence-corrected chi connectivity index (χ1v) is 3.96. The van der Waals surface area contributed by atoms with Crippen molar-refractivity contribution in [2.45, 2.75) is 0 Å². The molecule has 1 rings (SSSR count). The Hall–Kier alpha value is -1.51. The third kappa shape index (κ3) is 2.21. The van der Waals surface area contributed by atoms with Gasteiger partial charge in [-0.25, -0.2) is 0 Å². The first-order chi connectivity index (χ1) is 6.31. The van der Waals surface area contributed by atoms with Crippen LogP contribution in [0.4, 0.5) is 0 Å². The minimum atomic E-state index is 0.768. The molecule has 0 bridgehead atoms. The van der Waals surface area contributed by atoms with Gasteiger partial charge in [-0.1, -0.05) is 0 Å².